The van der Waals surface area contributed by atoms with Gasteiger partial charge in [0.25, 0.3) is 0 Å². The lowest BCUT2D eigenvalue weighted by atomic mass is 10.2. The maximum absolute atomic E-state index is 10.8. The zero-order chi connectivity index (χ0) is 10.0. The highest BCUT2D eigenvalue weighted by molar-refractivity contribution is 5.90. The second-order valence-electron chi connectivity index (χ2n) is 2.82. The van der Waals surface area contributed by atoms with Crippen LogP contribution in [0.5, 0.6) is 0 Å². The zero-order valence-corrected chi connectivity index (χ0v) is 7.74. The van der Waals surface area contributed by atoms with Gasteiger partial charge >= 0.3 is 5.97 Å². The van der Waals surface area contributed by atoms with Crippen LogP contribution in [-0.4, -0.2) is 20.9 Å². The molecule has 0 atom stereocenters. The number of carboxylic acids is 1. The van der Waals surface area contributed by atoms with Crippen LogP contribution in [0.4, 0.5) is 0 Å². The van der Waals surface area contributed by atoms with Crippen LogP contribution in [0.2, 0.25) is 0 Å². The summed E-state index contributed by atoms with van der Waals surface area (Å²) in [4.78, 5) is 10.8. The van der Waals surface area contributed by atoms with E-state index < -0.39 is 5.97 Å². The summed E-state index contributed by atoms with van der Waals surface area (Å²) in [6.07, 6.45) is 1.69. The van der Waals surface area contributed by atoms with Crippen LogP contribution in [0.1, 0.15) is 21.7 Å². The number of allylic oxidation sites excluding steroid dienone is 1. The number of aromatic nitrogens is 2. The number of aromatic carboxylic acids is 1. The fraction of sp³-hybridized carbons (Fsp3) is 0.333. The van der Waals surface area contributed by atoms with Gasteiger partial charge in [-0.15, -0.1) is 6.58 Å². The molecular formula is C9H12N2O2. The van der Waals surface area contributed by atoms with Gasteiger partial charge in [-0.05, 0) is 13.8 Å². The number of carboxylic acid groups (broad SMARTS) is 1. The van der Waals surface area contributed by atoms with Gasteiger partial charge in [-0.2, -0.15) is 5.10 Å². The maximum Gasteiger partial charge on any atom is 0.339 e. The summed E-state index contributed by atoms with van der Waals surface area (Å²) in [5, 5.41) is 12.9. The first-order valence-electron chi connectivity index (χ1n) is 3.96. The lowest BCUT2D eigenvalue weighted by Crippen LogP contribution is -2.03. The molecule has 0 aromatic carbocycles. The minimum absolute atomic E-state index is 0.293. The Labute approximate surface area is 76.5 Å². The number of hydrogen-bond acceptors (Lipinski definition) is 2. The topological polar surface area (TPSA) is 55.1 Å². The van der Waals surface area contributed by atoms with Crippen molar-refractivity contribution in [2.45, 2.75) is 20.4 Å². The molecule has 1 rings (SSSR count). The van der Waals surface area contributed by atoms with E-state index in [9.17, 15) is 4.79 Å². The maximum atomic E-state index is 10.8. The second kappa shape index (κ2) is 3.43. The van der Waals surface area contributed by atoms with Crippen molar-refractivity contribution < 1.29 is 9.90 Å². The van der Waals surface area contributed by atoms with Crippen LogP contribution < -0.4 is 0 Å². The first-order chi connectivity index (χ1) is 6.07. The van der Waals surface area contributed by atoms with E-state index in [1.807, 2.05) is 0 Å². The van der Waals surface area contributed by atoms with Gasteiger partial charge in [0, 0.05) is 0 Å². The summed E-state index contributed by atoms with van der Waals surface area (Å²) >= 11 is 0. The van der Waals surface area contributed by atoms with E-state index in [1.165, 1.54) is 0 Å². The number of aryl methyl sites for hydroxylation is 1. The summed E-state index contributed by atoms with van der Waals surface area (Å²) in [5.74, 6) is -0.926. The van der Waals surface area contributed by atoms with E-state index >= 15 is 0 Å². The monoisotopic (exact) mass is 180 g/mol. The summed E-state index contributed by atoms with van der Waals surface area (Å²) in [7, 11) is 0. The van der Waals surface area contributed by atoms with Crippen molar-refractivity contribution in [3.63, 3.8) is 0 Å². The van der Waals surface area contributed by atoms with Crippen LogP contribution in [-0.2, 0) is 6.54 Å². The van der Waals surface area contributed by atoms with E-state index in [4.69, 9.17) is 5.11 Å². The Morgan fingerprint density at radius 3 is 2.69 bits per heavy atom. The molecule has 1 aromatic heterocycles. The van der Waals surface area contributed by atoms with Gasteiger partial charge in [0.15, 0.2) is 0 Å². The van der Waals surface area contributed by atoms with Crippen molar-refractivity contribution >= 4 is 5.97 Å². The van der Waals surface area contributed by atoms with Crippen LogP contribution in [0, 0.1) is 13.8 Å². The highest BCUT2D eigenvalue weighted by Crippen LogP contribution is 2.12. The molecule has 0 spiro atoms. The van der Waals surface area contributed by atoms with Gasteiger partial charge in [-0.1, -0.05) is 6.08 Å². The van der Waals surface area contributed by atoms with Gasteiger partial charge in [-0.25, -0.2) is 4.79 Å². The average Bonchev–Trinajstić information content (AvgIpc) is 2.28. The van der Waals surface area contributed by atoms with Crippen molar-refractivity contribution in [2.75, 3.05) is 0 Å². The normalized spacial score (nSPS) is 10.0. The number of hydrogen-bond donors (Lipinski definition) is 1. The van der Waals surface area contributed by atoms with Crippen molar-refractivity contribution in [3.8, 4) is 0 Å². The minimum Gasteiger partial charge on any atom is -0.478 e. The van der Waals surface area contributed by atoms with Crippen molar-refractivity contribution in [3.05, 3.63) is 29.6 Å². The zero-order valence-electron chi connectivity index (χ0n) is 7.74. The van der Waals surface area contributed by atoms with Crippen molar-refractivity contribution in [1.82, 2.24) is 9.78 Å². The van der Waals surface area contributed by atoms with Crippen LogP contribution in [0.25, 0.3) is 0 Å². The highest BCUT2D eigenvalue weighted by Gasteiger charge is 2.16. The van der Waals surface area contributed by atoms with E-state index in [-0.39, 0.29) is 0 Å². The fourth-order valence-corrected chi connectivity index (χ4v) is 1.31. The average molecular weight is 180 g/mol. The molecule has 0 aliphatic heterocycles. The van der Waals surface area contributed by atoms with E-state index in [0.29, 0.717) is 23.5 Å². The summed E-state index contributed by atoms with van der Waals surface area (Å²) in [6, 6.07) is 0. The Balaban J connectivity index is 3.21. The van der Waals surface area contributed by atoms with Gasteiger partial charge in [-0.3, -0.25) is 4.68 Å². The molecule has 1 N–H and O–H groups in total. The fourth-order valence-electron chi connectivity index (χ4n) is 1.31. The number of nitrogens with zero attached hydrogens (tertiary/aromatic N) is 2. The molecule has 4 nitrogen and oxygen atoms in total. The Kier molecular flexibility index (Phi) is 2.51. The van der Waals surface area contributed by atoms with Gasteiger partial charge in [0.2, 0.25) is 0 Å². The summed E-state index contributed by atoms with van der Waals surface area (Å²) in [5.41, 5.74) is 1.51. The largest absolute Gasteiger partial charge is 0.478 e. The summed E-state index contributed by atoms with van der Waals surface area (Å²) in [6.45, 7) is 7.55. The third-order valence-corrected chi connectivity index (χ3v) is 1.90. The molecule has 0 bridgehead atoms. The van der Waals surface area contributed by atoms with E-state index in [0.717, 1.165) is 0 Å². The Bertz CT molecular complexity index is 353. The number of rotatable bonds is 3. The molecule has 0 saturated heterocycles. The SMILES string of the molecule is C=CCn1nc(C)c(C(=O)O)c1C. The molecule has 0 aliphatic rings. The minimum atomic E-state index is -0.926. The molecule has 0 amide bonds. The molecule has 0 radical (unpaired) electrons. The molecule has 0 aliphatic carbocycles. The second-order valence-corrected chi connectivity index (χ2v) is 2.82. The molecule has 1 heterocycles. The summed E-state index contributed by atoms with van der Waals surface area (Å²) < 4.78 is 1.63. The standard InChI is InChI=1S/C9H12N2O2/c1-4-5-11-7(3)8(9(12)13)6(2)10-11/h4H,1,5H2,2-3H3,(H,12,13). The van der Waals surface area contributed by atoms with Gasteiger partial charge in [0.05, 0.1) is 17.9 Å². The van der Waals surface area contributed by atoms with Crippen LogP contribution in [0.3, 0.4) is 0 Å². The van der Waals surface area contributed by atoms with Gasteiger partial charge < -0.3 is 5.11 Å². The van der Waals surface area contributed by atoms with E-state index in [1.54, 1.807) is 24.6 Å². The Morgan fingerprint density at radius 2 is 2.31 bits per heavy atom. The lowest BCUT2D eigenvalue weighted by molar-refractivity contribution is 0.0695. The smallest absolute Gasteiger partial charge is 0.339 e. The quantitative estimate of drug-likeness (QED) is 0.715. The predicted octanol–water partition coefficient (Wildman–Crippen LogP) is 1.38. The molecule has 70 valence electrons. The highest BCUT2D eigenvalue weighted by atomic mass is 16.4. The molecule has 13 heavy (non-hydrogen) atoms. The Morgan fingerprint density at radius 1 is 1.69 bits per heavy atom. The van der Waals surface area contributed by atoms with E-state index in [2.05, 4.69) is 11.7 Å². The molecule has 0 fully saturated rings. The third-order valence-electron chi connectivity index (χ3n) is 1.90. The molecule has 4 heteroatoms. The van der Waals surface area contributed by atoms with Gasteiger partial charge in [0.1, 0.15) is 5.56 Å². The van der Waals surface area contributed by atoms with Crippen LogP contribution in [0.15, 0.2) is 12.7 Å². The predicted molar refractivity (Wildman–Crippen MR) is 48.9 cm³/mol. The molecule has 0 unspecified atom stereocenters. The molecule has 1 aromatic rings. The first kappa shape index (κ1) is 9.51. The Hall–Kier alpha value is -1.58. The van der Waals surface area contributed by atoms with Crippen LogP contribution >= 0.6 is 0 Å². The van der Waals surface area contributed by atoms with Crippen molar-refractivity contribution in [2.24, 2.45) is 0 Å². The third kappa shape index (κ3) is 1.61. The molecule has 0 saturated carbocycles. The number of carbonyl (C=O) groups is 1. The lowest BCUT2D eigenvalue weighted by Gasteiger charge is -1.98. The van der Waals surface area contributed by atoms with Crippen molar-refractivity contribution in [1.29, 1.82) is 0 Å². The first-order valence-corrected chi connectivity index (χ1v) is 3.96. The molecular weight excluding hydrogens is 168 g/mol.